The predicted octanol–water partition coefficient (Wildman–Crippen LogP) is 0.766. The van der Waals surface area contributed by atoms with Crippen molar-refractivity contribution in [3.8, 4) is 0 Å². The van der Waals surface area contributed by atoms with Crippen LogP contribution in [-0.2, 0) is 4.79 Å². The summed E-state index contributed by atoms with van der Waals surface area (Å²) in [7, 11) is 2.11. The number of likely N-dealkylation sites (tertiary alicyclic amines) is 1. The molecule has 15 heavy (non-hydrogen) atoms. The van der Waals surface area contributed by atoms with Gasteiger partial charge in [-0.25, -0.2) is 0 Å². The monoisotopic (exact) mass is 214 g/mol. The van der Waals surface area contributed by atoms with Gasteiger partial charge in [0.1, 0.15) is 0 Å². The Balaban J connectivity index is 2.38. The first-order valence-electron chi connectivity index (χ1n) is 5.66. The molecule has 88 valence electrons. The van der Waals surface area contributed by atoms with Gasteiger partial charge in [-0.15, -0.1) is 0 Å². The number of nitrogens with zero attached hydrogens (tertiary/aromatic N) is 1. The number of hydrogen-bond donors (Lipinski definition) is 2. The molecule has 0 bridgehead atoms. The highest BCUT2D eigenvalue weighted by Gasteiger charge is 2.27. The summed E-state index contributed by atoms with van der Waals surface area (Å²) in [5.74, 6) is -0.169. The molecule has 0 saturated carbocycles. The highest BCUT2D eigenvalue weighted by atomic mass is 16.4. The molecule has 0 aromatic rings. The van der Waals surface area contributed by atoms with Crippen LogP contribution in [0.1, 0.15) is 26.2 Å². The Kier molecular flexibility index (Phi) is 4.54. The molecule has 4 nitrogen and oxygen atoms in total. The Hall–Kier alpha value is -0.610. The molecule has 0 spiro atoms. The maximum atomic E-state index is 10.6. The van der Waals surface area contributed by atoms with Crippen LogP contribution in [0.2, 0.25) is 0 Å². The Morgan fingerprint density at radius 2 is 2.07 bits per heavy atom. The van der Waals surface area contributed by atoms with Gasteiger partial charge < -0.3 is 15.7 Å². The second kappa shape index (κ2) is 5.47. The van der Waals surface area contributed by atoms with Crippen molar-refractivity contribution in [2.45, 2.75) is 32.2 Å². The third-order valence-electron chi connectivity index (χ3n) is 3.46. The van der Waals surface area contributed by atoms with Crippen LogP contribution < -0.4 is 5.73 Å². The van der Waals surface area contributed by atoms with E-state index in [0.29, 0.717) is 5.92 Å². The molecule has 0 radical (unpaired) electrons. The molecule has 0 aromatic heterocycles. The predicted molar refractivity (Wildman–Crippen MR) is 59.6 cm³/mol. The zero-order valence-corrected chi connectivity index (χ0v) is 9.65. The van der Waals surface area contributed by atoms with Crippen LogP contribution in [0.25, 0.3) is 0 Å². The summed E-state index contributed by atoms with van der Waals surface area (Å²) in [6, 6.07) is 0.0369. The van der Waals surface area contributed by atoms with Crippen molar-refractivity contribution in [3.63, 3.8) is 0 Å². The van der Waals surface area contributed by atoms with Gasteiger partial charge in [0.2, 0.25) is 0 Å². The summed E-state index contributed by atoms with van der Waals surface area (Å²) >= 11 is 0. The number of aliphatic carboxylic acids is 1. The Labute approximate surface area is 91.4 Å². The van der Waals surface area contributed by atoms with Gasteiger partial charge in [-0.1, -0.05) is 6.92 Å². The van der Waals surface area contributed by atoms with E-state index in [1.54, 1.807) is 0 Å². The zero-order valence-electron chi connectivity index (χ0n) is 9.65. The van der Waals surface area contributed by atoms with Crippen LogP contribution in [0.4, 0.5) is 0 Å². The van der Waals surface area contributed by atoms with Crippen LogP contribution in [-0.4, -0.2) is 42.2 Å². The van der Waals surface area contributed by atoms with Gasteiger partial charge in [0.05, 0.1) is 0 Å². The topological polar surface area (TPSA) is 66.6 Å². The summed E-state index contributed by atoms with van der Waals surface area (Å²) in [5, 5.41) is 8.71. The van der Waals surface area contributed by atoms with Crippen molar-refractivity contribution in [2.24, 2.45) is 17.6 Å². The molecule has 1 saturated heterocycles. The Morgan fingerprint density at radius 3 is 2.53 bits per heavy atom. The number of piperidine rings is 1. The molecule has 0 aromatic carbocycles. The highest BCUT2D eigenvalue weighted by molar-refractivity contribution is 5.67. The number of rotatable bonds is 4. The van der Waals surface area contributed by atoms with Crippen molar-refractivity contribution in [1.29, 1.82) is 0 Å². The van der Waals surface area contributed by atoms with Gasteiger partial charge in [0, 0.05) is 12.5 Å². The summed E-state index contributed by atoms with van der Waals surface area (Å²) in [5.41, 5.74) is 6.10. The van der Waals surface area contributed by atoms with Gasteiger partial charge in [0.25, 0.3) is 0 Å². The highest BCUT2D eigenvalue weighted by Crippen LogP contribution is 2.24. The van der Waals surface area contributed by atoms with Crippen molar-refractivity contribution < 1.29 is 9.90 Å². The summed E-state index contributed by atoms with van der Waals surface area (Å²) in [6.45, 7) is 4.10. The van der Waals surface area contributed by atoms with Gasteiger partial charge in [-0.05, 0) is 44.8 Å². The first kappa shape index (κ1) is 12.5. The SMILES string of the molecule is CC(CC(=O)O)C(N)C1CCN(C)CC1. The van der Waals surface area contributed by atoms with E-state index < -0.39 is 5.97 Å². The zero-order chi connectivity index (χ0) is 11.4. The number of nitrogens with two attached hydrogens (primary N) is 1. The lowest BCUT2D eigenvalue weighted by Gasteiger charge is -2.34. The first-order valence-corrected chi connectivity index (χ1v) is 5.66. The van der Waals surface area contributed by atoms with E-state index in [1.807, 2.05) is 6.92 Å². The molecule has 3 N–H and O–H groups in total. The minimum Gasteiger partial charge on any atom is -0.481 e. The molecule has 4 heteroatoms. The van der Waals surface area contributed by atoms with Crippen LogP contribution >= 0.6 is 0 Å². The van der Waals surface area contributed by atoms with Crippen molar-refractivity contribution in [1.82, 2.24) is 4.90 Å². The van der Waals surface area contributed by atoms with Crippen molar-refractivity contribution in [3.05, 3.63) is 0 Å². The molecule has 0 amide bonds. The Morgan fingerprint density at radius 1 is 1.53 bits per heavy atom. The molecule has 0 aliphatic carbocycles. The number of carboxylic acid groups (broad SMARTS) is 1. The van der Waals surface area contributed by atoms with Gasteiger partial charge in [-0.3, -0.25) is 4.79 Å². The minimum absolute atomic E-state index is 0.0369. The molecule has 1 fully saturated rings. The van der Waals surface area contributed by atoms with Gasteiger partial charge in [-0.2, -0.15) is 0 Å². The lowest BCUT2D eigenvalue weighted by Crippen LogP contribution is -2.43. The molecule has 1 aliphatic heterocycles. The lowest BCUT2D eigenvalue weighted by molar-refractivity contribution is -0.138. The quantitative estimate of drug-likeness (QED) is 0.725. The molecule has 2 atom stereocenters. The summed E-state index contributed by atoms with van der Waals surface area (Å²) in [6.07, 6.45) is 2.39. The van der Waals surface area contributed by atoms with E-state index in [2.05, 4.69) is 11.9 Å². The maximum Gasteiger partial charge on any atom is 0.303 e. The van der Waals surface area contributed by atoms with Crippen molar-refractivity contribution >= 4 is 5.97 Å². The van der Waals surface area contributed by atoms with E-state index in [1.165, 1.54) is 0 Å². The Bertz CT molecular complexity index is 213. The fraction of sp³-hybridized carbons (Fsp3) is 0.909. The summed E-state index contributed by atoms with van der Waals surface area (Å²) < 4.78 is 0. The fourth-order valence-electron chi connectivity index (χ4n) is 2.29. The number of carboxylic acids is 1. The van der Waals surface area contributed by atoms with Crippen LogP contribution in [0.15, 0.2) is 0 Å². The third-order valence-corrected chi connectivity index (χ3v) is 3.46. The molecular weight excluding hydrogens is 192 g/mol. The fourth-order valence-corrected chi connectivity index (χ4v) is 2.29. The van der Waals surface area contributed by atoms with E-state index >= 15 is 0 Å². The van der Waals surface area contributed by atoms with Gasteiger partial charge >= 0.3 is 5.97 Å². The minimum atomic E-state index is -0.745. The van der Waals surface area contributed by atoms with E-state index in [4.69, 9.17) is 10.8 Å². The van der Waals surface area contributed by atoms with Crippen molar-refractivity contribution in [2.75, 3.05) is 20.1 Å². The van der Waals surface area contributed by atoms with Crippen LogP contribution in [0.5, 0.6) is 0 Å². The standard InChI is InChI=1S/C11H22N2O2/c1-8(7-10(14)15)11(12)9-3-5-13(2)6-4-9/h8-9,11H,3-7,12H2,1-2H3,(H,14,15). The maximum absolute atomic E-state index is 10.6. The molecular formula is C11H22N2O2. The second-order valence-electron chi connectivity index (χ2n) is 4.79. The van der Waals surface area contributed by atoms with E-state index in [0.717, 1.165) is 25.9 Å². The average molecular weight is 214 g/mol. The van der Waals surface area contributed by atoms with Gasteiger partial charge in [0.15, 0.2) is 0 Å². The normalized spacial score (nSPS) is 23.7. The molecule has 1 rings (SSSR count). The molecule has 1 aliphatic rings. The third kappa shape index (κ3) is 3.80. The van der Waals surface area contributed by atoms with Crippen LogP contribution in [0.3, 0.4) is 0 Å². The average Bonchev–Trinajstić information content (AvgIpc) is 2.17. The number of carbonyl (C=O) groups is 1. The van der Waals surface area contributed by atoms with Crippen LogP contribution in [0, 0.1) is 11.8 Å². The molecule has 2 unspecified atom stereocenters. The largest absolute Gasteiger partial charge is 0.481 e. The molecule has 1 heterocycles. The van der Waals surface area contributed by atoms with E-state index in [-0.39, 0.29) is 18.4 Å². The van der Waals surface area contributed by atoms with E-state index in [9.17, 15) is 4.79 Å². The second-order valence-corrected chi connectivity index (χ2v) is 4.79. The smallest absolute Gasteiger partial charge is 0.303 e. The summed E-state index contributed by atoms with van der Waals surface area (Å²) in [4.78, 5) is 12.9. The lowest BCUT2D eigenvalue weighted by atomic mass is 9.82. The first-order chi connectivity index (χ1) is 7.00. The number of hydrogen-bond acceptors (Lipinski definition) is 3.